The molecular weight excluding hydrogens is 240 g/mol. The van der Waals surface area contributed by atoms with Gasteiger partial charge in [0.1, 0.15) is 0 Å². The summed E-state index contributed by atoms with van der Waals surface area (Å²) < 4.78 is 11.9. The second-order valence-electron chi connectivity index (χ2n) is 6.82. The fourth-order valence-corrected chi connectivity index (χ4v) is 4.50. The Morgan fingerprint density at radius 3 is 2.68 bits per heavy atom. The Kier molecular flexibility index (Phi) is 4.13. The van der Waals surface area contributed by atoms with Crippen molar-refractivity contribution >= 4 is 0 Å². The molecule has 0 aromatic rings. The summed E-state index contributed by atoms with van der Waals surface area (Å²) in [7, 11) is 0. The van der Waals surface area contributed by atoms with Crippen LogP contribution in [-0.2, 0) is 9.47 Å². The normalized spacial score (nSPS) is 39.8. The van der Waals surface area contributed by atoms with Gasteiger partial charge in [0.2, 0.25) is 0 Å². The molecule has 1 aliphatic carbocycles. The maximum atomic E-state index is 6.14. The number of rotatable bonds is 3. The van der Waals surface area contributed by atoms with Crippen molar-refractivity contribution in [2.24, 2.45) is 17.7 Å². The summed E-state index contributed by atoms with van der Waals surface area (Å²) in [5, 5.41) is 0. The number of hydrazine groups is 1. The number of nitrogens with two attached hydrogens (primary N) is 1. The molecule has 2 heterocycles. The molecule has 4 unspecified atom stereocenters. The van der Waals surface area contributed by atoms with Crippen molar-refractivity contribution in [3.05, 3.63) is 0 Å². The molecule has 4 heteroatoms. The molecule has 3 N–H and O–H groups in total. The first-order chi connectivity index (χ1) is 9.22. The van der Waals surface area contributed by atoms with Crippen molar-refractivity contribution in [1.82, 2.24) is 5.43 Å². The van der Waals surface area contributed by atoms with Crippen molar-refractivity contribution in [3.8, 4) is 0 Å². The summed E-state index contributed by atoms with van der Waals surface area (Å²) in [5.74, 6) is 7.09. The topological polar surface area (TPSA) is 56.5 Å². The predicted octanol–water partition coefficient (Wildman–Crippen LogP) is 1.98. The van der Waals surface area contributed by atoms with Gasteiger partial charge in [-0.05, 0) is 44.9 Å². The molecule has 3 fully saturated rings. The molecule has 0 aromatic heterocycles. The van der Waals surface area contributed by atoms with Crippen molar-refractivity contribution in [3.63, 3.8) is 0 Å². The lowest BCUT2D eigenvalue weighted by molar-refractivity contribution is -0.101. The molecule has 0 radical (unpaired) electrons. The van der Waals surface area contributed by atoms with Gasteiger partial charge in [-0.15, -0.1) is 0 Å². The van der Waals surface area contributed by atoms with Gasteiger partial charge in [-0.3, -0.25) is 11.3 Å². The molecule has 2 saturated heterocycles. The van der Waals surface area contributed by atoms with Gasteiger partial charge in [0.05, 0.1) is 18.3 Å². The zero-order valence-electron chi connectivity index (χ0n) is 12.1. The van der Waals surface area contributed by atoms with E-state index in [2.05, 4.69) is 12.3 Å². The third kappa shape index (κ3) is 2.82. The second-order valence-corrected chi connectivity index (χ2v) is 6.82. The molecule has 3 rings (SSSR count). The third-order valence-corrected chi connectivity index (χ3v) is 5.48. The summed E-state index contributed by atoms with van der Waals surface area (Å²) in [6.07, 6.45) is 9.01. The van der Waals surface area contributed by atoms with E-state index in [9.17, 15) is 0 Å². The summed E-state index contributed by atoms with van der Waals surface area (Å²) in [6, 6.07) is 0.395. The van der Waals surface area contributed by atoms with Crippen LogP contribution in [0.15, 0.2) is 0 Å². The van der Waals surface area contributed by atoms with Gasteiger partial charge in [-0.2, -0.15) is 0 Å². The Bertz CT molecular complexity index is 305. The number of hydrogen-bond donors (Lipinski definition) is 2. The molecule has 0 bridgehead atoms. The number of hydrogen-bond acceptors (Lipinski definition) is 4. The van der Waals surface area contributed by atoms with Gasteiger partial charge in [0.25, 0.3) is 0 Å². The molecule has 0 amide bonds. The van der Waals surface area contributed by atoms with Gasteiger partial charge in [0, 0.05) is 18.6 Å². The SMILES string of the molecule is CC1CC(C(NN)C2CCOC3(CCCC3)C2)CO1. The molecule has 0 aromatic carbocycles. The van der Waals surface area contributed by atoms with E-state index in [0.717, 1.165) is 26.1 Å². The van der Waals surface area contributed by atoms with E-state index >= 15 is 0 Å². The Morgan fingerprint density at radius 1 is 1.26 bits per heavy atom. The summed E-state index contributed by atoms with van der Waals surface area (Å²) in [5.41, 5.74) is 3.29. The second kappa shape index (κ2) is 5.68. The van der Waals surface area contributed by atoms with Crippen LogP contribution in [0.2, 0.25) is 0 Å². The smallest absolute Gasteiger partial charge is 0.0685 e. The van der Waals surface area contributed by atoms with Crippen LogP contribution in [0.4, 0.5) is 0 Å². The minimum absolute atomic E-state index is 0.184. The van der Waals surface area contributed by atoms with Crippen LogP contribution in [0.3, 0.4) is 0 Å². The van der Waals surface area contributed by atoms with E-state index in [4.69, 9.17) is 15.3 Å². The summed E-state index contributed by atoms with van der Waals surface area (Å²) >= 11 is 0. The molecule has 1 spiro atoms. The highest BCUT2D eigenvalue weighted by atomic mass is 16.5. The Labute approximate surface area is 116 Å². The van der Waals surface area contributed by atoms with Gasteiger partial charge >= 0.3 is 0 Å². The summed E-state index contributed by atoms with van der Waals surface area (Å²) in [6.45, 7) is 3.93. The van der Waals surface area contributed by atoms with Crippen LogP contribution in [-0.4, -0.2) is 31.0 Å². The zero-order valence-corrected chi connectivity index (χ0v) is 12.1. The van der Waals surface area contributed by atoms with Crippen LogP contribution in [0.25, 0.3) is 0 Å². The molecule has 4 nitrogen and oxygen atoms in total. The fourth-order valence-electron chi connectivity index (χ4n) is 4.50. The maximum absolute atomic E-state index is 6.14. The molecule has 4 atom stereocenters. The van der Waals surface area contributed by atoms with Crippen LogP contribution in [0, 0.1) is 11.8 Å². The van der Waals surface area contributed by atoms with Gasteiger partial charge in [0.15, 0.2) is 0 Å². The largest absolute Gasteiger partial charge is 0.378 e. The van der Waals surface area contributed by atoms with Crippen molar-refractivity contribution in [1.29, 1.82) is 0 Å². The van der Waals surface area contributed by atoms with E-state index < -0.39 is 0 Å². The minimum Gasteiger partial charge on any atom is -0.378 e. The average molecular weight is 268 g/mol. The molecule has 110 valence electrons. The van der Waals surface area contributed by atoms with Crippen molar-refractivity contribution < 1.29 is 9.47 Å². The Hall–Kier alpha value is -0.160. The van der Waals surface area contributed by atoms with Crippen molar-refractivity contribution in [2.45, 2.75) is 69.6 Å². The third-order valence-electron chi connectivity index (χ3n) is 5.48. The van der Waals surface area contributed by atoms with Crippen LogP contribution in [0.1, 0.15) is 51.9 Å². The highest BCUT2D eigenvalue weighted by molar-refractivity contribution is 4.96. The number of nitrogens with one attached hydrogen (secondary N) is 1. The molecule has 1 saturated carbocycles. The van der Waals surface area contributed by atoms with Crippen LogP contribution >= 0.6 is 0 Å². The molecule has 2 aliphatic heterocycles. The predicted molar refractivity (Wildman–Crippen MR) is 74.5 cm³/mol. The highest BCUT2D eigenvalue weighted by Crippen LogP contribution is 2.44. The average Bonchev–Trinajstić information content (AvgIpc) is 3.01. The molecule has 19 heavy (non-hydrogen) atoms. The van der Waals surface area contributed by atoms with E-state index in [0.29, 0.717) is 24.0 Å². The maximum Gasteiger partial charge on any atom is 0.0685 e. The van der Waals surface area contributed by atoms with Gasteiger partial charge in [-0.1, -0.05) is 12.8 Å². The Morgan fingerprint density at radius 2 is 2.05 bits per heavy atom. The zero-order chi connectivity index (χ0) is 13.3. The first-order valence-corrected chi connectivity index (χ1v) is 7.94. The van der Waals surface area contributed by atoms with E-state index in [1.165, 1.54) is 32.1 Å². The first kappa shape index (κ1) is 13.8. The Balaban J connectivity index is 1.65. The van der Waals surface area contributed by atoms with E-state index in [1.54, 1.807) is 0 Å². The minimum atomic E-state index is 0.184. The van der Waals surface area contributed by atoms with Crippen LogP contribution in [0.5, 0.6) is 0 Å². The van der Waals surface area contributed by atoms with Gasteiger partial charge < -0.3 is 9.47 Å². The van der Waals surface area contributed by atoms with E-state index in [1.807, 2.05) is 0 Å². The first-order valence-electron chi connectivity index (χ1n) is 7.94. The lowest BCUT2D eigenvalue weighted by Gasteiger charge is -2.42. The van der Waals surface area contributed by atoms with Crippen molar-refractivity contribution in [2.75, 3.05) is 13.2 Å². The molecular formula is C15H28N2O2. The highest BCUT2D eigenvalue weighted by Gasteiger charge is 2.44. The lowest BCUT2D eigenvalue weighted by atomic mass is 9.76. The fraction of sp³-hybridized carbons (Fsp3) is 1.00. The molecule has 3 aliphatic rings. The summed E-state index contributed by atoms with van der Waals surface area (Å²) in [4.78, 5) is 0. The quantitative estimate of drug-likeness (QED) is 0.607. The number of ether oxygens (including phenoxy) is 2. The standard InChI is InChI=1S/C15H28N2O2/c1-11-8-13(10-18-11)14(17-16)12-4-7-19-15(9-12)5-2-3-6-15/h11-14,17H,2-10,16H2,1H3. The van der Waals surface area contributed by atoms with Crippen LogP contribution < -0.4 is 11.3 Å². The monoisotopic (exact) mass is 268 g/mol. The van der Waals surface area contributed by atoms with E-state index in [-0.39, 0.29) is 5.60 Å². The lowest BCUT2D eigenvalue weighted by Crippen LogP contribution is -2.51. The van der Waals surface area contributed by atoms with Gasteiger partial charge in [-0.25, -0.2) is 0 Å².